The minimum atomic E-state index is 0.0475. The first kappa shape index (κ1) is 19.4. The van der Waals surface area contributed by atoms with Crippen molar-refractivity contribution < 1.29 is 9.53 Å². The minimum absolute atomic E-state index is 0.0475. The van der Waals surface area contributed by atoms with Gasteiger partial charge in [0.15, 0.2) is 0 Å². The standard InChI is InChI=1S/C21H27NO2S/c1-16-9-10-17(2)20(15-16)24-12-14-25-13-11-21(23)22-18(3)19-7-5-4-6-8-19/h4-10,15,18H,11-14H2,1-3H3,(H,22,23). The molecule has 3 nitrogen and oxygen atoms in total. The molecular formula is C21H27NO2S. The van der Waals surface area contributed by atoms with Gasteiger partial charge in [-0.05, 0) is 43.5 Å². The van der Waals surface area contributed by atoms with Crippen molar-refractivity contribution in [3.05, 3.63) is 65.2 Å². The average Bonchev–Trinajstić information content (AvgIpc) is 2.61. The van der Waals surface area contributed by atoms with Crippen LogP contribution in [0.15, 0.2) is 48.5 Å². The number of rotatable bonds is 9. The lowest BCUT2D eigenvalue weighted by Gasteiger charge is -2.14. The van der Waals surface area contributed by atoms with Gasteiger partial charge in [0.2, 0.25) is 5.91 Å². The molecule has 134 valence electrons. The number of benzene rings is 2. The zero-order chi connectivity index (χ0) is 18.1. The Labute approximate surface area is 155 Å². The van der Waals surface area contributed by atoms with Crippen LogP contribution in [0.1, 0.15) is 36.1 Å². The normalized spacial score (nSPS) is 11.8. The molecule has 0 aromatic heterocycles. The molecule has 1 unspecified atom stereocenters. The van der Waals surface area contributed by atoms with Crippen LogP contribution in [0.2, 0.25) is 0 Å². The molecule has 2 aromatic rings. The zero-order valence-electron chi connectivity index (χ0n) is 15.2. The second kappa shape index (κ2) is 10.1. The highest BCUT2D eigenvalue weighted by Gasteiger charge is 2.08. The fourth-order valence-corrected chi connectivity index (χ4v) is 3.21. The van der Waals surface area contributed by atoms with E-state index in [0.29, 0.717) is 13.0 Å². The number of carbonyl (C=O) groups excluding carboxylic acids is 1. The van der Waals surface area contributed by atoms with Crippen molar-refractivity contribution in [2.45, 2.75) is 33.2 Å². The third-order valence-corrected chi connectivity index (χ3v) is 4.93. The van der Waals surface area contributed by atoms with Crippen LogP contribution in [0.3, 0.4) is 0 Å². The van der Waals surface area contributed by atoms with Crippen molar-refractivity contribution in [3.8, 4) is 5.75 Å². The lowest BCUT2D eigenvalue weighted by atomic mass is 10.1. The lowest BCUT2D eigenvalue weighted by Crippen LogP contribution is -2.26. The van der Waals surface area contributed by atoms with Crippen LogP contribution >= 0.6 is 11.8 Å². The van der Waals surface area contributed by atoms with E-state index in [0.717, 1.165) is 28.4 Å². The SMILES string of the molecule is Cc1ccc(C)c(OCCSCCC(=O)NC(C)c2ccccc2)c1. The molecule has 2 rings (SSSR count). The number of hydrogen-bond donors (Lipinski definition) is 1. The summed E-state index contributed by atoms with van der Waals surface area (Å²) in [6.45, 7) is 6.80. The molecular weight excluding hydrogens is 330 g/mol. The number of hydrogen-bond acceptors (Lipinski definition) is 3. The molecule has 0 saturated heterocycles. The first-order valence-electron chi connectivity index (χ1n) is 8.68. The highest BCUT2D eigenvalue weighted by atomic mass is 32.2. The van der Waals surface area contributed by atoms with Crippen molar-refractivity contribution in [3.63, 3.8) is 0 Å². The first-order valence-corrected chi connectivity index (χ1v) is 9.84. The van der Waals surface area contributed by atoms with E-state index in [-0.39, 0.29) is 11.9 Å². The molecule has 0 spiro atoms. The first-order chi connectivity index (χ1) is 12.1. The number of carbonyl (C=O) groups is 1. The van der Waals surface area contributed by atoms with E-state index in [9.17, 15) is 4.79 Å². The second-order valence-electron chi connectivity index (χ2n) is 6.18. The largest absolute Gasteiger partial charge is 0.492 e. The van der Waals surface area contributed by atoms with Crippen LogP contribution in [0.5, 0.6) is 5.75 Å². The number of thioether (sulfide) groups is 1. The number of nitrogens with one attached hydrogen (secondary N) is 1. The van der Waals surface area contributed by atoms with Crippen molar-refractivity contribution in [2.24, 2.45) is 0 Å². The fraction of sp³-hybridized carbons (Fsp3) is 0.381. The van der Waals surface area contributed by atoms with E-state index in [1.807, 2.05) is 37.3 Å². The maximum Gasteiger partial charge on any atom is 0.221 e. The second-order valence-corrected chi connectivity index (χ2v) is 7.40. The van der Waals surface area contributed by atoms with Gasteiger partial charge >= 0.3 is 0 Å². The van der Waals surface area contributed by atoms with E-state index in [1.165, 1.54) is 5.56 Å². The van der Waals surface area contributed by atoms with E-state index in [4.69, 9.17) is 4.74 Å². The van der Waals surface area contributed by atoms with Crippen LogP contribution in [-0.4, -0.2) is 24.0 Å². The van der Waals surface area contributed by atoms with E-state index in [1.54, 1.807) is 11.8 Å². The number of amides is 1. The van der Waals surface area contributed by atoms with Gasteiger partial charge in [0.25, 0.3) is 0 Å². The Kier molecular flexibility index (Phi) is 7.86. The van der Waals surface area contributed by atoms with Crippen molar-refractivity contribution >= 4 is 17.7 Å². The summed E-state index contributed by atoms with van der Waals surface area (Å²) >= 11 is 1.75. The number of ether oxygens (including phenoxy) is 1. The molecule has 0 saturated carbocycles. The van der Waals surface area contributed by atoms with E-state index in [2.05, 4.69) is 37.4 Å². The summed E-state index contributed by atoms with van der Waals surface area (Å²) in [6, 6.07) is 16.3. The molecule has 2 aromatic carbocycles. The highest BCUT2D eigenvalue weighted by molar-refractivity contribution is 7.99. The Morgan fingerprint density at radius 3 is 2.64 bits per heavy atom. The Morgan fingerprint density at radius 2 is 1.88 bits per heavy atom. The topological polar surface area (TPSA) is 38.3 Å². The van der Waals surface area contributed by atoms with Crippen LogP contribution in [0.4, 0.5) is 0 Å². The molecule has 0 bridgehead atoms. The number of aryl methyl sites for hydroxylation is 2. The molecule has 0 aliphatic carbocycles. The maximum absolute atomic E-state index is 12.0. The van der Waals surface area contributed by atoms with Crippen LogP contribution in [0, 0.1) is 13.8 Å². The molecule has 0 heterocycles. The Hall–Kier alpha value is -1.94. The Balaban J connectivity index is 1.59. The average molecular weight is 358 g/mol. The third kappa shape index (κ3) is 6.83. The zero-order valence-corrected chi connectivity index (χ0v) is 16.1. The van der Waals surface area contributed by atoms with E-state index < -0.39 is 0 Å². The van der Waals surface area contributed by atoms with Crippen molar-refractivity contribution in [1.29, 1.82) is 0 Å². The summed E-state index contributed by atoms with van der Waals surface area (Å²) in [5.41, 5.74) is 3.49. The predicted octanol–water partition coefficient (Wildman–Crippen LogP) is 4.68. The molecule has 0 radical (unpaired) electrons. The molecule has 0 aliphatic heterocycles. The predicted molar refractivity (Wildman–Crippen MR) is 106 cm³/mol. The summed E-state index contributed by atoms with van der Waals surface area (Å²) in [7, 11) is 0. The molecule has 4 heteroatoms. The molecule has 0 aliphatic rings. The summed E-state index contributed by atoms with van der Waals surface area (Å²) < 4.78 is 5.83. The van der Waals surface area contributed by atoms with Gasteiger partial charge in [-0.2, -0.15) is 11.8 Å². The smallest absolute Gasteiger partial charge is 0.221 e. The van der Waals surface area contributed by atoms with Crippen molar-refractivity contribution in [1.82, 2.24) is 5.32 Å². The molecule has 1 N–H and O–H groups in total. The van der Waals surface area contributed by atoms with Crippen molar-refractivity contribution in [2.75, 3.05) is 18.1 Å². The van der Waals surface area contributed by atoms with Gasteiger partial charge in [-0.15, -0.1) is 0 Å². The van der Waals surface area contributed by atoms with Gasteiger partial charge in [-0.1, -0.05) is 42.5 Å². The van der Waals surface area contributed by atoms with Gasteiger partial charge in [0.1, 0.15) is 5.75 Å². The quantitative estimate of drug-likeness (QED) is 0.662. The minimum Gasteiger partial charge on any atom is -0.492 e. The van der Waals surface area contributed by atoms with E-state index >= 15 is 0 Å². The summed E-state index contributed by atoms with van der Waals surface area (Å²) in [6.07, 6.45) is 0.533. The van der Waals surface area contributed by atoms with Gasteiger partial charge in [0, 0.05) is 17.9 Å². The Bertz CT molecular complexity index is 673. The van der Waals surface area contributed by atoms with Crippen LogP contribution in [0.25, 0.3) is 0 Å². The summed E-state index contributed by atoms with van der Waals surface area (Å²) in [4.78, 5) is 12.0. The lowest BCUT2D eigenvalue weighted by molar-refractivity contribution is -0.121. The van der Waals surface area contributed by atoms with Crippen LogP contribution < -0.4 is 10.1 Å². The maximum atomic E-state index is 12.0. The summed E-state index contributed by atoms with van der Waals surface area (Å²) in [5, 5.41) is 3.04. The highest BCUT2D eigenvalue weighted by Crippen LogP contribution is 2.19. The molecule has 1 atom stereocenters. The molecule has 1 amide bonds. The summed E-state index contributed by atoms with van der Waals surface area (Å²) in [5.74, 6) is 2.74. The fourth-order valence-electron chi connectivity index (χ4n) is 2.48. The van der Waals surface area contributed by atoms with Gasteiger partial charge in [-0.25, -0.2) is 0 Å². The Morgan fingerprint density at radius 1 is 1.12 bits per heavy atom. The van der Waals surface area contributed by atoms with Gasteiger partial charge in [0.05, 0.1) is 12.6 Å². The molecule has 0 fully saturated rings. The van der Waals surface area contributed by atoms with Crippen LogP contribution in [-0.2, 0) is 4.79 Å². The monoisotopic (exact) mass is 357 g/mol. The van der Waals surface area contributed by atoms with Gasteiger partial charge < -0.3 is 10.1 Å². The molecule has 25 heavy (non-hydrogen) atoms. The van der Waals surface area contributed by atoms with Gasteiger partial charge in [-0.3, -0.25) is 4.79 Å². The third-order valence-electron chi connectivity index (χ3n) is 3.98.